The molecule has 1 saturated heterocycles. The first-order valence-electron chi connectivity index (χ1n) is 10.7. The van der Waals surface area contributed by atoms with Crippen LogP contribution in [0.1, 0.15) is 43.2 Å². The van der Waals surface area contributed by atoms with Crippen LogP contribution in [0.4, 0.5) is 4.39 Å². The highest BCUT2D eigenvalue weighted by atomic mass is 127. The van der Waals surface area contributed by atoms with Crippen LogP contribution in [-0.4, -0.2) is 42.6 Å². The standard InChI is InChI=1S/C24H31FN4.HI/c1-17-14-19(12-13-29(17)16-18-8-4-3-5-9-18)27-24(26-2)28-23-15-21(23)20-10-6-7-11-22(20)25;/h3-11,17,19,21,23H,12-16H2,1-2H3,(H2,26,27,28);1H. The highest BCUT2D eigenvalue weighted by molar-refractivity contribution is 14.0. The summed E-state index contributed by atoms with van der Waals surface area (Å²) >= 11 is 0. The van der Waals surface area contributed by atoms with E-state index in [9.17, 15) is 4.39 Å². The molecule has 2 aromatic carbocycles. The highest BCUT2D eigenvalue weighted by Gasteiger charge is 2.40. The number of nitrogens with one attached hydrogen (secondary N) is 2. The maximum Gasteiger partial charge on any atom is 0.191 e. The van der Waals surface area contributed by atoms with Crippen molar-refractivity contribution in [3.05, 3.63) is 71.5 Å². The van der Waals surface area contributed by atoms with Gasteiger partial charge in [-0.2, -0.15) is 0 Å². The molecule has 0 spiro atoms. The summed E-state index contributed by atoms with van der Waals surface area (Å²) in [6, 6.07) is 19.0. The lowest BCUT2D eigenvalue weighted by Crippen LogP contribution is -2.51. The number of halogens is 2. The number of hydrogen-bond acceptors (Lipinski definition) is 2. The summed E-state index contributed by atoms with van der Waals surface area (Å²) in [4.78, 5) is 6.97. The van der Waals surface area contributed by atoms with Crippen LogP contribution in [0.5, 0.6) is 0 Å². The summed E-state index contributed by atoms with van der Waals surface area (Å²) in [6.07, 6.45) is 3.14. The van der Waals surface area contributed by atoms with E-state index in [4.69, 9.17) is 0 Å². The minimum absolute atomic E-state index is 0. The van der Waals surface area contributed by atoms with Crippen LogP contribution < -0.4 is 10.6 Å². The predicted molar refractivity (Wildman–Crippen MR) is 132 cm³/mol. The van der Waals surface area contributed by atoms with Crippen LogP contribution in [-0.2, 0) is 6.54 Å². The second-order valence-electron chi connectivity index (χ2n) is 8.36. The van der Waals surface area contributed by atoms with Crippen LogP contribution in [0.15, 0.2) is 59.6 Å². The number of benzene rings is 2. The first kappa shape index (κ1) is 23.0. The molecule has 1 aliphatic carbocycles. The zero-order valence-electron chi connectivity index (χ0n) is 17.7. The van der Waals surface area contributed by atoms with Crippen molar-refractivity contribution < 1.29 is 4.39 Å². The third-order valence-electron chi connectivity index (χ3n) is 6.22. The van der Waals surface area contributed by atoms with E-state index >= 15 is 0 Å². The van der Waals surface area contributed by atoms with Gasteiger partial charge in [0.1, 0.15) is 5.82 Å². The van der Waals surface area contributed by atoms with Gasteiger partial charge in [0.05, 0.1) is 0 Å². The molecule has 2 aromatic rings. The Morgan fingerprint density at radius 1 is 1.07 bits per heavy atom. The van der Waals surface area contributed by atoms with Gasteiger partial charge in [0, 0.05) is 44.2 Å². The fraction of sp³-hybridized carbons (Fsp3) is 0.458. The van der Waals surface area contributed by atoms with Crippen LogP contribution in [0, 0.1) is 5.82 Å². The Morgan fingerprint density at radius 2 is 1.80 bits per heavy atom. The Kier molecular flexibility index (Phi) is 8.11. The molecule has 30 heavy (non-hydrogen) atoms. The lowest BCUT2D eigenvalue weighted by molar-refractivity contribution is 0.134. The Labute approximate surface area is 196 Å². The fourth-order valence-corrected chi connectivity index (χ4v) is 4.42. The van der Waals surface area contributed by atoms with Crippen LogP contribution in [0.2, 0.25) is 0 Å². The van der Waals surface area contributed by atoms with E-state index in [1.807, 2.05) is 19.2 Å². The van der Waals surface area contributed by atoms with Crippen LogP contribution in [0.25, 0.3) is 0 Å². The molecule has 1 saturated carbocycles. The van der Waals surface area contributed by atoms with E-state index in [2.05, 4.69) is 57.8 Å². The second kappa shape index (κ2) is 10.6. The molecule has 1 heterocycles. The quantitative estimate of drug-likeness (QED) is 0.345. The van der Waals surface area contributed by atoms with E-state index in [1.165, 1.54) is 5.56 Å². The average molecular weight is 522 g/mol. The number of hydrogen-bond donors (Lipinski definition) is 2. The molecule has 4 atom stereocenters. The van der Waals surface area contributed by atoms with E-state index < -0.39 is 0 Å². The molecule has 1 aliphatic heterocycles. The Bertz CT molecular complexity index is 844. The first-order chi connectivity index (χ1) is 14.1. The average Bonchev–Trinajstić information content (AvgIpc) is 3.49. The summed E-state index contributed by atoms with van der Waals surface area (Å²) in [7, 11) is 1.81. The van der Waals surface area contributed by atoms with Crippen molar-refractivity contribution in [2.45, 2.75) is 56.8 Å². The smallest absolute Gasteiger partial charge is 0.191 e. The zero-order chi connectivity index (χ0) is 20.2. The molecule has 4 unspecified atom stereocenters. The second-order valence-corrected chi connectivity index (χ2v) is 8.36. The van der Waals surface area contributed by atoms with E-state index in [0.717, 1.165) is 43.9 Å². The molecule has 0 aromatic heterocycles. The van der Waals surface area contributed by atoms with Gasteiger partial charge >= 0.3 is 0 Å². The number of aliphatic imine (C=N–C) groups is 1. The first-order valence-corrected chi connectivity index (χ1v) is 10.7. The van der Waals surface area contributed by atoms with Crippen molar-refractivity contribution in [1.82, 2.24) is 15.5 Å². The summed E-state index contributed by atoms with van der Waals surface area (Å²) in [5, 5.41) is 7.09. The summed E-state index contributed by atoms with van der Waals surface area (Å²) in [5.74, 6) is 0.966. The number of nitrogens with zero attached hydrogens (tertiary/aromatic N) is 2. The van der Waals surface area contributed by atoms with Gasteiger partial charge in [0.25, 0.3) is 0 Å². The van der Waals surface area contributed by atoms with Crippen molar-refractivity contribution in [2.75, 3.05) is 13.6 Å². The zero-order valence-corrected chi connectivity index (χ0v) is 20.1. The molecule has 4 nitrogen and oxygen atoms in total. The normalized spacial score (nSPS) is 26.6. The molecule has 0 amide bonds. The van der Waals surface area contributed by atoms with Gasteiger partial charge in [-0.15, -0.1) is 24.0 Å². The van der Waals surface area contributed by atoms with E-state index in [1.54, 1.807) is 12.1 Å². The fourth-order valence-electron chi connectivity index (χ4n) is 4.42. The van der Waals surface area contributed by atoms with E-state index in [0.29, 0.717) is 12.1 Å². The summed E-state index contributed by atoms with van der Waals surface area (Å²) < 4.78 is 14.0. The number of rotatable bonds is 5. The molecule has 2 fully saturated rings. The number of guanidine groups is 1. The Balaban J connectivity index is 0.00000256. The van der Waals surface area contributed by atoms with Crippen molar-refractivity contribution in [2.24, 2.45) is 4.99 Å². The lowest BCUT2D eigenvalue weighted by atomic mass is 9.97. The molecular weight excluding hydrogens is 490 g/mol. The SMILES string of the molecule is CN=C(NC1CCN(Cc2ccccc2)C(C)C1)NC1CC1c1ccccc1F.I. The molecule has 162 valence electrons. The maximum absolute atomic E-state index is 14.0. The molecular formula is C24H32FIN4. The minimum Gasteiger partial charge on any atom is -0.354 e. The van der Waals surface area contributed by atoms with Gasteiger partial charge in [0.2, 0.25) is 0 Å². The molecule has 0 bridgehead atoms. The van der Waals surface area contributed by atoms with Crippen molar-refractivity contribution in [3.8, 4) is 0 Å². The molecule has 2 N–H and O–H groups in total. The highest BCUT2D eigenvalue weighted by Crippen LogP contribution is 2.41. The minimum atomic E-state index is -0.107. The topological polar surface area (TPSA) is 39.7 Å². The number of likely N-dealkylation sites (tertiary alicyclic amines) is 1. The van der Waals surface area contributed by atoms with Crippen molar-refractivity contribution >= 4 is 29.9 Å². The van der Waals surface area contributed by atoms with Crippen LogP contribution in [0.3, 0.4) is 0 Å². The number of piperidine rings is 1. The van der Waals surface area contributed by atoms with Crippen molar-refractivity contribution in [3.63, 3.8) is 0 Å². The third-order valence-corrected chi connectivity index (χ3v) is 6.22. The molecule has 6 heteroatoms. The molecule has 0 radical (unpaired) electrons. The summed E-state index contributed by atoms with van der Waals surface area (Å²) in [6.45, 7) is 4.39. The van der Waals surface area contributed by atoms with Gasteiger partial charge in [-0.1, -0.05) is 48.5 Å². The third kappa shape index (κ3) is 5.72. The van der Waals surface area contributed by atoms with Crippen LogP contribution >= 0.6 is 24.0 Å². The van der Waals surface area contributed by atoms with Gasteiger partial charge in [-0.25, -0.2) is 4.39 Å². The molecule has 2 aliphatic rings. The van der Waals surface area contributed by atoms with Gasteiger partial charge < -0.3 is 10.6 Å². The monoisotopic (exact) mass is 522 g/mol. The van der Waals surface area contributed by atoms with Gasteiger partial charge in [0.15, 0.2) is 5.96 Å². The lowest BCUT2D eigenvalue weighted by Gasteiger charge is -2.38. The largest absolute Gasteiger partial charge is 0.354 e. The van der Waals surface area contributed by atoms with Crippen molar-refractivity contribution in [1.29, 1.82) is 0 Å². The van der Waals surface area contributed by atoms with E-state index in [-0.39, 0.29) is 41.8 Å². The summed E-state index contributed by atoms with van der Waals surface area (Å²) in [5.41, 5.74) is 2.18. The maximum atomic E-state index is 14.0. The van der Waals surface area contributed by atoms with Gasteiger partial charge in [-0.05, 0) is 43.4 Å². The predicted octanol–water partition coefficient (Wildman–Crippen LogP) is 4.52. The Morgan fingerprint density at radius 3 is 2.50 bits per heavy atom. The molecule has 4 rings (SSSR count). The Hall–Kier alpha value is -1.67. The van der Waals surface area contributed by atoms with Gasteiger partial charge in [-0.3, -0.25) is 9.89 Å².